The van der Waals surface area contributed by atoms with Crippen molar-refractivity contribution in [3.63, 3.8) is 0 Å². The van der Waals surface area contributed by atoms with Crippen molar-refractivity contribution >= 4 is 23.3 Å². The van der Waals surface area contributed by atoms with Crippen LogP contribution in [0.5, 0.6) is 0 Å². The standard InChI is InChI=1S/C14H14N2O4/c1-8-5-9(7-20-8)13(17)16(2)12-4-3-10(15)6-11(12)14(18)19/h3-7H,15H2,1-2H3,(H,18,19). The maximum atomic E-state index is 12.3. The Morgan fingerprint density at radius 3 is 2.55 bits per heavy atom. The lowest BCUT2D eigenvalue weighted by Gasteiger charge is -2.19. The zero-order valence-corrected chi connectivity index (χ0v) is 11.1. The number of carbonyl (C=O) groups is 2. The van der Waals surface area contributed by atoms with E-state index in [2.05, 4.69) is 0 Å². The Kier molecular flexibility index (Phi) is 3.47. The van der Waals surface area contributed by atoms with Gasteiger partial charge in [0.2, 0.25) is 0 Å². The van der Waals surface area contributed by atoms with Crippen molar-refractivity contribution < 1.29 is 19.1 Å². The van der Waals surface area contributed by atoms with Gasteiger partial charge in [0.1, 0.15) is 12.0 Å². The van der Waals surface area contributed by atoms with Crippen LogP contribution >= 0.6 is 0 Å². The number of carbonyl (C=O) groups excluding carboxylic acids is 1. The molecule has 0 spiro atoms. The molecule has 2 rings (SSSR count). The number of carboxylic acid groups (broad SMARTS) is 1. The Balaban J connectivity index is 2.40. The number of hydrogen-bond acceptors (Lipinski definition) is 4. The van der Waals surface area contributed by atoms with E-state index in [4.69, 9.17) is 10.2 Å². The van der Waals surface area contributed by atoms with E-state index in [1.54, 1.807) is 19.1 Å². The smallest absolute Gasteiger partial charge is 0.337 e. The molecule has 1 aromatic heterocycles. The fourth-order valence-corrected chi connectivity index (χ4v) is 1.88. The van der Waals surface area contributed by atoms with E-state index in [-0.39, 0.29) is 17.2 Å². The second kappa shape index (κ2) is 5.08. The number of nitrogen functional groups attached to an aromatic ring is 1. The summed E-state index contributed by atoms with van der Waals surface area (Å²) in [4.78, 5) is 24.7. The lowest BCUT2D eigenvalue weighted by atomic mass is 10.1. The van der Waals surface area contributed by atoms with Crippen LogP contribution in [-0.4, -0.2) is 24.0 Å². The maximum Gasteiger partial charge on any atom is 0.337 e. The molecule has 0 unspecified atom stereocenters. The summed E-state index contributed by atoms with van der Waals surface area (Å²) in [7, 11) is 1.50. The highest BCUT2D eigenvalue weighted by Crippen LogP contribution is 2.24. The van der Waals surface area contributed by atoms with Gasteiger partial charge in [0.15, 0.2) is 0 Å². The zero-order chi connectivity index (χ0) is 14.9. The maximum absolute atomic E-state index is 12.3. The number of hydrogen-bond donors (Lipinski definition) is 2. The van der Waals surface area contributed by atoms with E-state index in [0.717, 1.165) is 0 Å². The van der Waals surface area contributed by atoms with Crippen molar-refractivity contribution in [2.24, 2.45) is 0 Å². The number of nitrogens with two attached hydrogens (primary N) is 1. The average Bonchev–Trinajstić information content (AvgIpc) is 2.83. The van der Waals surface area contributed by atoms with Crippen molar-refractivity contribution in [3.05, 3.63) is 47.4 Å². The Morgan fingerprint density at radius 2 is 2.00 bits per heavy atom. The number of anilines is 2. The van der Waals surface area contributed by atoms with Gasteiger partial charge in [-0.15, -0.1) is 0 Å². The molecule has 0 bridgehead atoms. The molecule has 1 heterocycles. The van der Waals surface area contributed by atoms with Crippen LogP contribution in [0, 0.1) is 6.92 Å². The molecule has 1 amide bonds. The van der Waals surface area contributed by atoms with Gasteiger partial charge in [-0.3, -0.25) is 4.79 Å². The summed E-state index contributed by atoms with van der Waals surface area (Å²) >= 11 is 0. The first kappa shape index (κ1) is 13.7. The third-order valence-electron chi connectivity index (χ3n) is 2.89. The van der Waals surface area contributed by atoms with Gasteiger partial charge in [-0.25, -0.2) is 4.79 Å². The number of carboxylic acids is 1. The predicted octanol–water partition coefficient (Wildman–Crippen LogP) is 2.15. The number of aromatic carboxylic acids is 1. The van der Waals surface area contributed by atoms with Gasteiger partial charge in [-0.05, 0) is 31.2 Å². The third-order valence-corrected chi connectivity index (χ3v) is 2.89. The van der Waals surface area contributed by atoms with Crippen molar-refractivity contribution in [1.29, 1.82) is 0 Å². The molecular weight excluding hydrogens is 260 g/mol. The van der Waals surface area contributed by atoms with Gasteiger partial charge in [0, 0.05) is 12.7 Å². The number of benzene rings is 1. The summed E-state index contributed by atoms with van der Waals surface area (Å²) < 4.78 is 5.08. The van der Waals surface area contributed by atoms with Gasteiger partial charge in [-0.2, -0.15) is 0 Å². The molecular formula is C14H14N2O4. The molecule has 0 saturated heterocycles. The highest BCUT2D eigenvalue weighted by Gasteiger charge is 2.20. The van der Waals surface area contributed by atoms with Crippen LogP contribution in [0.3, 0.4) is 0 Å². The Bertz CT molecular complexity index is 676. The minimum absolute atomic E-state index is 0.0268. The summed E-state index contributed by atoms with van der Waals surface area (Å²) in [5.41, 5.74) is 6.51. The van der Waals surface area contributed by atoms with Gasteiger partial charge >= 0.3 is 5.97 Å². The van der Waals surface area contributed by atoms with Gasteiger partial charge < -0.3 is 20.2 Å². The van der Waals surface area contributed by atoms with Gasteiger partial charge in [0.05, 0.1) is 16.8 Å². The molecule has 0 radical (unpaired) electrons. The zero-order valence-electron chi connectivity index (χ0n) is 11.1. The lowest BCUT2D eigenvalue weighted by molar-refractivity contribution is 0.0698. The van der Waals surface area contributed by atoms with Crippen molar-refractivity contribution in [1.82, 2.24) is 0 Å². The van der Waals surface area contributed by atoms with E-state index in [0.29, 0.717) is 17.0 Å². The first-order valence-electron chi connectivity index (χ1n) is 5.86. The molecule has 3 N–H and O–H groups in total. The predicted molar refractivity (Wildman–Crippen MR) is 74.0 cm³/mol. The van der Waals surface area contributed by atoms with E-state index < -0.39 is 5.97 Å². The topological polar surface area (TPSA) is 96.8 Å². The molecule has 2 aromatic rings. The highest BCUT2D eigenvalue weighted by molar-refractivity contribution is 6.09. The average molecular weight is 274 g/mol. The van der Waals surface area contributed by atoms with E-state index in [9.17, 15) is 14.7 Å². The Hall–Kier alpha value is -2.76. The highest BCUT2D eigenvalue weighted by atomic mass is 16.4. The molecule has 104 valence electrons. The van der Waals surface area contributed by atoms with Crippen molar-refractivity contribution in [3.8, 4) is 0 Å². The Labute approximate surface area is 115 Å². The monoisotopic (exact) mass is 274 g/mol. The van der Waals surface area contributed by atoms with E-state index in [1.807, 2.05) is 0 Å². The molecule has 0 aliphatic carbocycles. The number of furan rings is 1. The summed E-state index contributed by atoms with van der Waals surface area (Å²) in [5.74, 6) is -0.887. The molecule has 0 aliphatic rings. The van der Waals surface area contributed by atoms with Crippen LogP contribution < -0.4 is 10.6 Å². The van der Waals surface area contributed by atoms with Crippen LogP contribution in [-0.2, 0) is 0 Å². The molecule has 0 fully saturated rings. The van der Waals surface area contributed by atoms with E-state index in [1.165, 1.54) is 30.3 Å². The number of aryl methyl sites for hydroxylation is 1. The number of rotatable bonds is 3. The summed E-state index contributed by atoms with van der Waals surface area (Å²) in [6, 6.07) is 5.97. The van der Waals surface area contributed by atoms with Crippen LogP contribution in [0.25, 0.3) is 0 Å². The first-order chi connectivity index (χ1) is 9.40. The molecule has 0 aliphatic heterocycles. The fourth-order valence-electron chi connectivity index (χ4n) is 1.88. The van der Waals surface area contributed by atoms with Gasteiger partial charge in [0.25, 0.3) is 5.91 Å². The second-order valence-corrected chi connectivity index (χ2v) is 4.39. The Morgan fingerprint density at radius 1 is 1.30 bits per heavy atom. The quantitative estimate of drug-likeness (QED) is 0.836. The number of nitrogens with zero attached hydrogens (tertiary/aromatic N) is 1. The minimum atomic E-state index is -1.14. The summed E-state index contributed by atoms with van der Waals surface area (Å²) in [5, 5.41) is 9.18. The SMILES string of the molecule is Cc1cc(C(=O)N(C)c2ccc(N)cc2C(=O)O)co1. The lowest BCUT2D eigenvalue weighted by Crippen LogP contribution is -2.27. The molecule has 6 heteroatoms. The second-order valence-electron chi connectivity index (χ2n) is 4.39. The third kappa shape index (κ3) is 2.49. The minimum Gasteiger partial charge on any atom is -0.478 e. The van der Waals surface area contributed by atoms with Crippen LogP contribution in [0.1, 0.15) is 26.5 Å². The normalized spacial score (nSPS) is 10.3. The van der Waals surface area contributed by atoms with E-state index >= 15 is 0 Å². The van der Waals surface area contributed by atoms with Crippen molar-refractivity contribution in [2.75, 3.05) is 17.7 Å². The molecule has 1 aromatic carbocycles. The molecule has 20 heavy (non-hydrogen) atoms. The summed E-state index contributed by atoms with van der Waals surface area (Å²) in [6.45, 7) is 1.72. The van der Waals surface area contributed by atoms with Crippen LogP contribution in [0.4, 0.5) is 11.4 Å². The number of amides is 1. The van der Waals surface area contributed by atoms with Gasteiger partial charge in [-0.1, -0.05) is 0 Å². The fraction of sp³-hybridized carbons (Fsp3) is 0.143. The van der Waals surface area contributed by atoms with Crippen LogP contribution in [0.15, 0.2) is 34.9 Å². The van der Waals surface area contributed by atoms with Crippen molar-refractivity contribution in [2.45, 2.75) is 6.92 Å². The molecule has 6 nitrogen and oxygen atoms in total. The first-order valence-corrected chi connectivity index (χ1v) is 5.86. The summed E-state index contributed by atoms with van der Waals surface area (Å²) in [6.07, 6.45) is 1.34. The largest absolute Gasteiger partial charge is 0.478 e. The van der Waals surface area contributed by atoms with Crippen LogP contribution in [0.2, 0.25) is 0 Å². The molecule has 0 saturated carbocycles. The molecule has 0 atom stereocenters.